The van der Waals surface area contributed by atoms with Gasteiger partial charge < -0.3 is 14.5 Å². The van der Waals surface area contributed by atoms with Crippen LogP contribution in [0, 0.1) is 5.92 Å². The highest BCUT2D eigenvalue weighted by Gasteiger charge is 2.23. The van der Waals surface area contributed by atoms with Gasteiger partial charge in [0.2, 0.25) is 11.7 Å². The third kappa shape index (κ3) is 5.53. The highest BCUT2D eigenvalue weighted by molar-refractivity contribution is 5.67. The second-order valence-corrected chi connectivity index (χ2v) is 7.99. The lowest BCUT2D eigenvalue weighted by atomic mass is 9.84. The second-order valence-electron chi connectivity index (χ2n) is 7.99. The molecule has 0 saturated heterocycles. The molecule has 0 bridgehead atoms. The van der Waals surface area contributed by atoms with E-state index < -0.39 is 5.97 Å². The van der Waals surface area contributed by atoms with E-state index in [1.165, 1.54) is 32.1 Å². The van der Waals surface area contributed by atoms with Crippen LogP contribution in [0.1, 0.15) is 69.6 Å². The molecule has 0 radical (unpaired) electrons. The van der Waals surface area contributed by atoms with Gasteiger partial charge in [0.25, 0.3) is 0 Å². The van der Waals surface area contributed by atoms with Crippen LogP contribution in [-0.2, 0) is 4.79 Å². The SMILES string of the molecule is CN(C)c1ccc(-c2noc([C@H](CCCC3CCCCC3)CC(=O)O)n2)cn1. The van der Waals surface area contributed by atoms with Gasteiger partial charge in [-0.05, 0) is 24.5 Å². The van der Waals surface area contributed by atoms with E-state index in [0.717, 1.165) is 36.6 Å². The predicted octanol–water partition coefficient (Wildman–Crippen LogP) is 4.51. The summed E-state index contributed by atoms with van der Waals surface area (Å²) >= 11 is 0. The van der Waals surface area contributed by atoms with Crippen LogP contribution in [0.5, 0.6) is 0 Å². The molecular formula is C21H30N4O3. The number of hydrogen-bond donors (Lipinski definition) is 1. The van der Waals surface area contributed by atoms with E-state index in [1.807, 2.05) is 31.1 Å². The van der Waals surface area contributed by atoms with Crippen molar-refractivity contribution >= 4 is 11.8 Å². The van der Waals surface area contributed by atoms with Crippen LogP contribution in [0.25, 0.3) is 11.4 Å². The Hall–Kier alpha value is -2.44. The van der Waals surface area contributed by atoms with Gasteiger partial charge in [-0.1, -0.05) is 50.1 Å². The van der Waals surface area contributed by atoms with Gasteiger partial charge in [0.05, 0.1) is 6.42 Å². The number of rotatable bonds is 9. The molecule has 7 heteroatoms. The van der Waals surface area contributed by atoms with Crippen molar-refractivity contribution in [2.45, 2.75) is 63.7 Å². The number of hydrogen-bond acceptors (Lipinski definition) is 6. The molecule has 28 heavy (non-hydrogen) atoms. The topological polar surface area (TPSA) is 92.4 Å². The monoisotopic (exact) mass is 386 g/mol. The molecule has 7 nitrogen and oxygen atoms in total. The first-order valence-corrected chi connectivity index (χ1v) is 10.2. The molecule has 0 aliphatic heterocycles. The Labute approximate surface area is 166 Å². The van der Waals surface area contributed by atoms with Crippen LogP contribution in [0.15, 0.2) is 22.9 Å². The Balaban J connectivity index is 1.64. The molecule has 2 aromatic heterocycles. The number of carbonyl (C=O) groups is 1. The number of nitrogens with zero attached hydrogens (tertiary/aromatic N) is 4. The molecule has 1 aliphatic carbocycles. The zero-order valence-corrected chi connectivity index (χ0v) is 16.8. The van der Waals surface area contributed by atoms with E-state index in [-0.39, 0.29) is 12.3 Å². The van der Waals surface area contributed by atoms with Crippen molar-refractivity contribution in [1.29, 1.82) is 0 Å². The summed E-state index contributed by atoms with van der Waals surface area (Å²) in [5, 5.41) is 13.3. The van der Waals surface area contributed by atoms with Gasteiger partial charge in [-0.15, -0.1) is 0 Å². The fourth-order valence-corrected chi connectivity index (χ4v) is 3.95. The minimum absolute atomic E-state index is 0.0180. The largest absolute Gasteiger partial charge is 0.481 e. The Kier molecular flexibility index (Phi) is 7.01. The highest BCUT2D eigenvalue weighted by atomic mass is 16.5. The number of anilines is 1. The number of pyridine rings is 1. The van der Waals surface area contributed by atoms with Gasteiger partial charge in [-0.25, -0.2) is 4.98 Å². The normalized spacial score (nSPS) is 16.1. The molecule has 152 valence electrons. The Morgan fingerprint density at radius 2 is 2.07 bits per heavy atom. The molecule has 1 fully saturated rings. The van der Waals surface area contributed by atoms with E-state index in [0.29, 0.717) is 11.7 Å². The van der Waals surface area contributed by atoms with Crippen LogP contribution in [0.3, 0.4) is 0 Å². The van der Waals surface area contributed by atoms with Crippen molar-refractivity contribution in [3.05, 3.63) is 24.2 Å². The van der Waals surface area contributed by atoms with Gasteiger partial charge in [0.15, 0.2) is 0 Å². The Morgan fingerprint density at radius 1 is 1.29 bits per heavy atom. The number of carboxylic acids is 1. The van der Waals surface area contributed by atoms with Crippen molar-refractivity contribution < 1.29 is 14.4 Å². The Morgan fingerprint density at radius 3 is 2.71 bits per heavy atom. The summed E-state index contributed by atoms with van der Waals surface area (Å²) in [7, 11) is 3.86. The maximum atomic E-state index is 11.3. The fourth-order valence-electron chi connectivity index (χ4n) is 3.95. The van der Waals surface area contributed by atoms with Gasteiger partial charge in [0, 0.05) is 31.8 Å². The average Bonchev–Trinajstić information content (AvgIpc) is 3.18. The van der Waals surface area contributed by atoms with E-state index in [9.17, 15) is 9.90 Å². The van der Waals surface area contributed by atoms with Crippen LogP contribution in [0.4, 0.5) is 5.82 Å². The lowest BCUT2D eigenvalue weighted by Crippen LogP contribution is -2.10. The number of carboxylic acid groups (broad SMARTS) is 1. The molecule has 2 heterocycles. The molecule has 1 N–H and O–H groups in total. The third-order valence-electron chi connectivity index (χ3n) is 5.57. The van der Waals surface area contributed by atoms with Crippen LogP contribution in [0.2, 0.25) is 0 Å². The summed E-state index contributed by atoms with van der Waals surface area (Å²) in [5.74, 6) is 1.43. The molecule has 1 aliphatic rings. The molecule has 0 spiro atoms. The van der Waals surface area contributed by atoms with Crippen molar-refractivity contribution in [2.24, 2.45) is 5.92 Å². The minimum atomic E-state index is -0.834. The zero-order chi connectivity index (χ0) is 19.9. The third-order valence-corrected chi connectivity index (χ3v) is 5.57. The summed E-state index contributed by atoms with van der Waals surface area (Å²) in [4.78, 5) is 22.1. The summed E-state index contributed by atoms with van der Waals surface area (Å²) < 4.78 is 5.44. The zero-order valence-electron chi connectivity index (χ0n) is 16.8. The van der Waals surface area contributed by atoms with Crippen molar-refractivity contribution in [3.8, 4) is 11.4 Å². The maximum Gasteiger partial charge on any atom is 0.304 e. The van der Waals surface area contributed by atoms with E-state index in [2.05, 4.69) is 15.1 Å². The molecule has 1 saturated carbocycles. The van der Waals surface area contributed by atoms with Gasteiger partial charge in [0.1, 0.15) is 5.82 Å². The smallest absolute Gasteiger partial charge is 0.304 e. The molecule has 0 amide bonds. The standard InChI is InChI=1S/C21H30N4O3/c1-25(2)18-12-11-17(14-22-18)20-23-21(28-24-20)16(13-19(26)27)10-6-9-15-7-4-3-5-8-15/h11-12,14-16H,3-10,13H2,1-2H3,(H,26,27)/t16-/m1/s1. The lowest BCUT2D eigenvalue weighted by Gasteiger charge is -2.21. The predicted molar refractivity (Wildman–Crippen MR) is 107 cm³/mol. The summed E-state index contributed by atoms with van der Waals surface area (Å²) in [6.45, 7) is 0. The first kappa shape index (κ1) is 20.3. The first-order valence-electron chi connectivity index (χ1n) is 10.2. The highest BCUT2D eigenvalue weighted by Crippen LogP contribution is 2.31. The molecule has 3 rings (SSSR count). The molecule has 0 unspecified atom stereocenters. The van der Waals surface area contributed by atoms with Crippen molar-refractivity contribution in [3.63, 3.8) is 0 Å². The maximum absolute atomic E-state index is 11.3. The Bertz CT molecular complexity index is 751. The summed E-state index contributed by atoms with van der Waals surface area (Å²) in [6, 6.07) is 3.79. The van der Waals surface area contributed by atoms with Crippen molar-refractivity contribution in [1.82, 2.24) is 15.1 Å². The molecule has 2 aromatic rings. The fraction of sp³-hybridized carbons (Fsp3) is 0.619. The first-order chi connectivity index (χ1) is 13.5. The summed E-state index contributed by atoms with van der Waals surface area (Å²) in [5.41, 5.74) is 0.761. The van der Waals surface area contributed by atoms with Gasteiger partial charge in [-0.3, -0.25) is 4.79 Å². The molecular weight excluding hydrogens is 356 g/mol. The van der Waals surface area contributed by atoms with Crippen LogP contribution in [-0.4, -0.2) is 40.3 Å². The number of aliphatic carboxylic acids is 1. The van der Waals surface area contributed by atoms with Crippen molar-refractivity contribution in [2.75, 3.05) is 19.0 Å². The van der Waals surface area contributed by atoms with Gasteiger partial charge >= 0.3 is 5.97 Å². The van der Waals surface area contributed by atoms with Crippen LogP contribution < -0.4 is 4.90 Å². The minimum Gasteiger partial charge on any atom is -0.481 e. The van der Waals surface area contributed by atoms with E-state index in [4.69, 9.17) is 4.52 Å². The quantitative estimate of drug-likeness (QED) is 0.678. The molecule has 0 aromatic carbocycles. The lowest BCUT2D eigenvalue weighted by molar-refractivity contribution is -0.137. The average molecular weight is 386 g/mol. The van der Waals surface area contributed by atoms with E-state index in [1.54, 1.807) is 6.20 Å². The molecule has 1 atom stereocenters. The second kappa shape index (κ2) is 9.66. The summed E-state index contributed by atoms with van der Waals surface area (Å²) in [6.07, 6.45) is 11.3. The van der Waals surface area contributed by atoms with E-state index >= 15 is 0 Å². The van der Waals surface area contributed by atoms with Gasteiger partial charge in [-0.2, -0.15) is 4.98 Å². The van der Waals surface area contributed by atoms with Crippen LogP contribution >= 0.6 is 0 Å². The number of aromatic nitrogens is 3.